The van der Waals surface area contributed by atoms with E-state index in [1.807, 2.05) is 6.08 Å². The molecule has 0 aromatic heterocycles. The van der Waals surface area contributed by atoms with Gasteiger partial charge in [-0.1, -0.05) is 57.9 Å². The first-order chi connectivity index (χ1) is 10.5. The first kappa shape index (κ1) is 21.1. The van der Waals surface area contributed by atoms with Crippen molar-refractivity contribution >= 4 is 5.97 Å². The Kier molecular flexibility index (Phi) is 13.2. The van der Waals surface area contributed by atoms with Gasteiger partial charge >= 0.3 is 5.97 Å². The zero-order valence-corrected chi connectivity index (χ0v) is 14.1. The number of carboxylic acid groups (broad SMARTS) is 1. The molecule has 22 heavy (non-hydrogen) atoms. The average Bonchev–Trinajstić information content (AvgIpc) is 2.45. The molecule has 4 nitrogen and oxygen atoms in total. The van der Waals surface area contributed by atoms with Gasteiger partial charge in [0.2, 0.25) is 0 Å². The van der Waals surface area contributed by atoms with Crippen molar-refractivity contribution in [2.75, 3.05) is 0 Å². The number of carboxylic acids is 1. The number of rotatable bonds is 15. The summed E-state index contributed by atoms with van der Waals surface area (Å²) in [5.41, 5.74) is 0. The summed E-state index contributed by atoms with van der Waals surface area (Å²) >= 11 is 0. The van der Waals surface area contributed by atoms with Crippen LogP contribution in [0.1, 0.15) is 90.4 Å². The van der Waals surface area contributed by atoms with Gasteiger partial charge in [-0.3, -0.25) is 4.79 Å². The predicted molar refractivity (Wildman–Crippen MR) is 89.6 cm³/mol. The molecule has 0 aromatic rings. The quantitative estimate of drug-likeness (QED) is 0.238. The molecule has 0 heterocycles. The highest BCUT2D eigenvalue weighted by Crippen LogP contribution is 2.15. The molecule has 0 spiro atoms. The Morgan fingerprint density at radius 3 is 2.14 bits per heavy atom. The van der Waals surface area contributed by atoms with Crippen LogP contribution in [0.25, 0.3) is 0 Å². The molecular weight excluding hydrogens is 280 g/mol. The first-order valence-corrected chi connectivity index (χ1v) is 8.82. The molecule has 0 bridgehead atoms. The fraction of sp³-hybridized carbons (Fsp3) is 0.833. The molecule has 0 aliphatic rings. The lowest BCUT2D eigenvalue weighted by molar-refractivity contribution is -0.137. The van der Waals surface area contributed by atoms with Crippen LogP contribution in [0, 0.1) is 0 Å². The Morgan fingerprint density at radius 2 is 1.50 bits per heavy atom. The van der Waals surface area contributed by atoms with Crippen molar-refractivity contribution in [3.05, 3.63) is 12.2 Å². The topological polar surface area (TPSA) is 77.8 Å². The summed E-state index contributed by atoms with van der Waals surface area (Å²) in [6.07, 6.45) is 15.2. The van der Waals surface area contributed by atoms with E-state index in [0.29, 0.717) is 6.42 Å². The Balaban J connectivity index is 3.46. The zero-order valence-electron chi connectivity index (χ0n) is 14.1. The van der Waals surface area contributed by atoms with Gasteiger partial charge in [0.15, 0.2) is 5.79 Å². The number of allylic oxidation sites excluding steroid dienone is 1. The second-order valence-electron chi connectivity index (χ2n) is 6.15. The molecule has 0 unspecified atom stereocenters. The Labute approximate surface area is 135 Å². The van der Waals surface area contributed by atoms with Crippen LogP contribution in [0.4, 0.5) is 0 Å². The highest BCUT2D eigenvalue weighted by atomic mass is 16.5. The number of unbranched alkanes of at least 4 members (excludes halogenated alkanes) is 9. The second-order valence-corrected chi connectivity index (χ2v) is 6.15. The third-order valence-electron chi connectivity index (χ3n) is 3.79. The molecule has 0 fully saturated rings. The molecule has 0 saturated carbocycles. The summed E-state index contributed by atoms with van der Waals surface area (Å²) in [5.74, 6) is -2.36. The van der Waals surface area contributed by atoms with Crippen molar-refractivity contribution in [1.29, 1.82) is 0 Å². The molecule has 0 saturated heterocycles. The molecule has 0 amide bonds. The van der Waals surface area contributed by atoms with Crippen molar-refractivity contribution in [3.8, 4) is 0 Å². The summed E-state index contributed by atoms with van der Waals surface area (Å²) in [6, 6.07) is 0. The smallest absolute Gasteiger partial charge is 0.303 e. The maximum atomic E-state index is 10.3. The highest BCUT2D eigenvalue weighted by Gasteiger charge is 2.17. The summed E-state index contributed by atoms with van der Waals surface area (Å²) in [5, 5.41) is 28.1. The zero-order chi connectivity index (χ0) is 16.7. The monoisotopic (exact) mass is 314 g/mol. The van der Waals surface area contributed by atoms with E-state index < -0.39 is 11.8 Å². The standard InChI is InChI=1S/C18H34O4/c1-2-3-4-12-15-18(21,22)16-13-10-8-6-5-7-9-11-14-17(19)20/h13,16,21-22H,2-12,14-15H2,1H3,(H,19,20)/b16-13+. The van der Waals surface area contributed by atoms with Crippen LogP contribution < -0.4 is 0 Å². The Hall–Kier alpha value is -0.870. The van der Waals surface area contributed by atoms with Gasteiger partial charge in [-0.05, 0) is 31.8 Å². The van der Waals surface area contributed by atoms with Crippen LogP contribution in [0.15, 0.2) is 12.2 Å². The fourth-order valence-corrected chi connectivity index (χ4v) is 2.41. The summed E-state index contributed by atoms with van der Waals surface area (Å²) in [6.45, 7) is 2.14. The third-order valence-corrected chi connectivity index (χ3v) is 3.79. The third kappa shape index (κ3) is 15.5. The summed E-state index contributed by atoms with van der Waals surface area (Å²) < 4.78 is 0. The van der Waals surface area contributed by atoms with Crippen LogP contribution in [-0.2, 0) is 4.79 Å². The molecule has 0 radical (unpaired) electrons. The van der Waals surface area contributed by atoms with E-state index in [1.165, 1.54) is 6.08 Å². The molecule has 0 aliphatic carbocycles. The molecule has 4 heteroatoms. The lowest BCUT2D eigenvalue weighted by Gasteiger charge is -2.17. The van der Waals surface area contributed by atoms with Gasteiger partial charge in [-0.15, -0.1) is 0 Å². The highest BCUT2D eigenvalue weighted by molar-refractivity contribution is 5.66. The molecule has 0 aromatic carbocycles. The maximum absolute atomic E-state index is 10.3. The van der Waals surface area contributed by atoms with Gasteiger partial charge in [0, 0.05) is 12.8 Å². The van der Waals surface area contributed by atoms with Crippen molar-refractivity contribution < 1.29 is 20.1 Å². The summed E-state index contributed by atoms with van der Waals surface area (Å²) in [7, 11) is 0. The van der Waals surface area contributed by atoms with E-state index in [1.54, 1.807) is 0 Å². The van der Waals surface area contributed by atoms with Crippen LogP contribution in [0.2, 0.25) is 0 Å². The molecule has 130 valence electrons. The number of aliphatic carboxylic acids is 1. The van der Waals surface area contributed by atoms with Crippen molar-refractivity contribution in [1.82, 2.24) is 0 Å². The minimum atomic E-state index is -1.65. The van der Waals surface area contributed by atoms with Crippen molar-refractivity contribution in [2.45, 2.75) is 96.2 Å². The van der Waals surface area contributed by atoms with Crippen LogP contribution in [-0.4, -0.2) is 27.1 Å². The lowest BCUT2D eigenvalue weighted by atomic mass is 10.0. The molecular formula is C18H34O4. The van der Waals surface area contributed by atoms with E-state index in [4.69, 9.17) is 5.11 Å². The van der Waals surface area contributed by atoms with Gasteiger partial charge in [0.1, 0.15) is 0 Å². The summed E-state index contributed by atoms with van der Waals surface area (Å²) in [4.78, 5) is 10.3. The number of hydrogen-bond acceptors (Lipinski definition) is 3. The van der Waals surface area contributed by atoms with Gasteiger partial charge in [0.05, 0.1) is 0 Å². The van der Waals surface area contributed by atoms with E-state index in [-0.39, 0.29) is 6.42 Å². The van der Waals surface area contributed by atoms with E-state index in [9.17, 15) is 15.0 Å². The van der Waals surface area contributed by atoms with Gasteiger partial charge in [-0.25, -0.2) is 0 Å². The molecule has 0 atom stereocenters. The average molecular weight is 314 g/mol. The predicted octanol–water partition coefficient (Wildman–Crippen LogP) is 4.40. The molecule has 0 aliphatic heterocycles. The Bertz CT molecular complexity index is 297. The van der Waals surface area contributed by atoms with E-state index in [0.717, 1.165) is 70.6 Å². The number of hydrogen-bond donors (Lipinski definition) is 3. The fourth-order valence-electron chi connectivity index (χ4n) is 2.41. The van der Waals surface area contributed by atoms with Crippen LogP contribution in [0.5, 0.6) is 0 Å². The van der Waals surface area contributed by atoms with Crippen LogP contribution >= 0.6 is 0 Å². The minimum absolute atomic E-state index is 0.274. The lowest BCUT2D eigenvalue weighted by Crippen LogP contribution is -2.24. The van der Waals surface area contributed by atoms with Gasteiger partial charge in [-0.2, -0.15) is 0 Å². The van der Waals surface area contributed by atoms with E-state index >= 15 is 0 Å². The minimum Gasteiger partial charge on any atom is -0.481 e. The first-order valence-electron chi connectivity index (χ1n) is 8.82. The van der Waals surface area contributed by atoms with Gasteiger partial charge in [0.25, 0.3) is 0 Å². The van der Waals surface area contributed by atoms with Crippen LogP contribution in [0.3, 0.4) is 0 Å². The Morgan fingerprint density at radius 1 is 0.909 bits per heavy atom. The number of aliphatic hydroxyl groups is 2. The largest absolute Gasteiger partial charge is 0.481 e. The molecule has 0 rings (SSSR count). The molecule has 3 N–H and O–H groups in total. The SMILES string of the molecule is CCCCCCC(O)(O)/C=C/CCCCCCCCC(=O)O. The van der Waals surface area contributed by atoms with Gasteiger partial charge < -0.3 is 15.3 Å². The number of carbonyl (C=O) groups is 1. The normalized spacial score (nSPS) is 12.1. The van der Waals surface area contributed by atoms with Crippen molar-refractivity contribution in [3.63, 3.8) is 0 Å². The second kappa shape index (κ2) is 13.8. The van der Waals surface area contributed by atoms with E-state index in [2.05, 4.69) is 6.92 Å². The maximum Gasteiger partial charge on any atom is 0.303 e. The van der Waals surface area contributed by atoms with Crippen molar-refractivity contribution in [2.24, 2.45) is 0 Å².